The molecule has 0 unspecified atom stereocenters. The van der Waals surface area contributed by atoms with Crippen LogP contribution in [0.4, 0.5) is 0 Å². The maximum Gasteiger partial charge on any atom is 0.280 e. The van der Waals surface area contributed by atoms with Gasteiger partial charge in [0.1, 0.15) is 12.0 Å². The normalized spacial score (nSPS) is 12.2. The highest BCUT2D eigenvalue weighted by Crippen LogP contribution is 2.19. The number of hydrogen-bond donors (Lipinski definition) is 0. The molecule has 0 fully saturated rings. The minimum Gasteiger partial charge on any atom is -0.286 e. The zero-order chi connectivity index (χ0) is 11.2. The summed E-state index contributed by atoms with van der Waals surface area (Å²) < 4.78 is 23.9. The summed E-state index contributed by atoms with van der Waals surface area (Å²) in [5.74, 6) is 0. The van der Waals surface area contributed by atoms with Crippen LogP contribution in [0, 0.1) is 13.8 Å². The fourth-order valence-corrected chi connectivity index (χ4v) is 2.46. The summed E-state index contributed by atoms with van der Waals surface area (Å²) in [7, 11) is 1.46. The summed E-state index contributed by atoms with van der Waals surface area (Å²) >= 11 is 0. The molecule has 0 saturated carbocycles. The van der Waals surface area contributed by atoms with Crippen molar-refractivity contribution in [2.45, 2.75) is 18.9 Å². The number of halogens is 1. The van der Waals surface area contributed by atoms with Gasteiger partial charge in [-0.25, -0.2) is 18.4 Å². The Bertz CT molecular complexity index is 633. The van der Waals surface area contributed by atoms with Crippen LogP contribution in [0.5, 0.6) is 0 Å². The second kappa shape index (κ2) is 3.18. The molecule has 2 aromatic rings. The van der Waals surface area contributed by atoms with Crippen molar-refractivity contribution >= 4 is 25.4 Å². The number of aromatic nitrogens is 3. The van der Waals surface area contributed by atoms with E-state index in [4.69, 9.17) is 10.7 Å². The van der Waals surface area contributed by atoms with Crippen LogP contribution < -0.4 is 0 Å². The molecule has 15 heavy (non-hydrogen) atoms. The van der Waals surface area contributed by atoms with Gasteiger partial charge in [-0.15, -0.1) is 0 Å². The molecule has 0 spiro atoms. The lowest BCUT2D eigenvalue weighted by Gasteiger charge is -1.95. The molecule has 0 radical (unpaired) electrons. The molecule has 0 aliphatic heterocycles. The molecule has 2 heterocycles. The lowest BCUT2D eigenvalue weighted by Crippen LogP contribution is -1.95. The average molecular weight is 246 g/mol. The number of hydrogen-bond acceptors (Lipinski definition) is 4. The molecule has 5 nitrogen and oxygen atoms in total. The first-order valence-electron chi connectivity index (χ1n) is 4.15. The van der Waals surface area contributed by atoms with Crippen molar-refractivity contribution in [2.24, 2.45) is 0 Å². The van der Waals surface area contributed by atoms with Gasteiger partial charge in [0.15, 0.2) is 5.03 Å². The van der Waals surface area contributed by atoms with Crippen molar-refractivity contribution in [3.05, 3.63) is 23.8 Å². The Hall–Kier alpha value is -1.14. The molecule has 7 heteroatoms. The van der Waals surface area contributed by atoms with Crippen LogP contribution in [0.25, 0.3) is 5.65 Å². The Labute approximate surface area is 91.2 Å². The molecule has 0 atom stereocenters. The van der Waals surface area contributed by atoms with E-state index in [1.807, 2.05) is 0 Å². The molecule has 0 aliphatic carbocycles. The third-order valence-electron chi connectivity index (χ3n) is 2.08. The van der Waals surface area contributed by atoms with Gasteiger partial charge < -0.3 is 0 Å². The summed E-state index contributed by atoms with van der Waals surface area (Å²) in [6.45, 7) is 3.44. The molecule has 0 N–H and O–H groups in total. The lowest BCUT2D eigenvalue weighted by molar-refractivity contribution is 0.606. The zero-order valence-electron chi connectivity index (χ0n) is 8.10. The lowest BCUT2D eigenvalue weighted by atomic mass is 10.4. The molecule has 2 aromatic heterocycles. The highest BCUT2D eigenvalue weighted by atomic mass is 35.7. The van der Waals surface area contributed by atoms with E-state index in [1.165, 1.54) is 6.33 Å². The number of fused-ring (bicyclic) bond motifs is 1. The van der Waals surface area contributed by atoms with E-state index < -0.39 is 9.05 Å². The Morgan fingerprint density at radius 2 is 2.07 bits per heavy atom. The second-order valence-corrected chi connectivity index (χ2v) is 5.68. The van der Waals surface area contributed by atoms with Crippen LogP contribution >= 0.6 is 10.7 Å². The molecule has 80 valence electrons. The van der Waals surface area contributed by atoms with Gasteiger partial charge in [0.05, 0.1) is 5.69 Å². The number of nitrogens with zero attached hydrogens (tertiary/aromatic N) is 3. The van der Waals surface area contributed by atoms with Gasteiger partial charge in [0, 0.05) is 22.4 Å². The van der Waals surface area contributed by atoms with Crippen LogP contribution in [0.15, 0.2) is 17.4 Å². The largest absolute Gasteiger partial charge is 0.286 e. The van der Waals surface area contributed by atoms with E-state index in [9.17, 15) is 8.42 Å². The first-order chi connectivity index (χ1) is 6.89. The number of imidazole rings is 1. The van der Waals surface area contributed by atoms with E-state index in [0.717, 1.165) is 5.69 Å². The summed E-state index contributed by atoms with van der Waals surface area (Å²) in [4.78, 5) is 8.00. The first kappa shape index (κ1) is 10.4. The van der Waals surface area contributed by atoms with Gasteiger partial charge in [0.2, 0.25) is 0 Å². The highest BCUT2D eigenvalue weighted by molar-refractivity contribution is 8.13. The Morgan fingerprint density at radius 3 is 2.67 bits per heavy atom. The van der Waals surface area contributed by atoms with Crippen molar-refractivity contribution in [3.63, 3.8) is 0 Å². The second-order valence-electron chi connectivity index (χ2n) is 3.20. The van der Waals surface area contributed by atoms with Gasteiger partial charge in [-0.05, 0) is 13.8 Å². The van der Waals surface area contributed by atoms with Gasteiger partial charge in [0.25, 0.3) is 9.05 Å². The maximum absolute atomic E-state index is 11.2. The highest BCUT2D eigenvalue weighted by Gasteiger charge is 2.19. The average Bonchev–Trinajstić information content (AvgIpc) is 2.42. The topological polar surface area (TPSA) is 64.3 Å². The van der Waals surface area contributed by atoms with Crippen LogP contribution in [0.1, 0.15) is 11.4 Å². The van der Waals surface area contributed by atoms with Crippen molar-refractivity contribution in [2.75, 3.05) is 0 Å². The number of aryl methyl sites for hydroxylation is 2. The summed E-state index contributed by atoms with van der Waals surface area (Å²) in [6.07, 6.45) is 1.53. The van der Waals surface area contributed by atoms with Crippen LogP contribution in [-0.4, -0.2) is 22.8 Å². The van der Waals surface area contributed by atoms with Crippen molar-refractivity contribution in [3.8, 4) is 0 Å². The van der Waals surface area contributed by atoms with Gasteiger partial charge in [-0.1, -0.05) is 0 Å². The summed E-state index contributed by atoms with van der Waals surface area (Å²) in [6, 6.07) is 1.69. The summed E-state index contributed by atoms with van der Waals surface area (Å²) in [5.41, 5.74) is 1.76. The third kappa shape index (κ3) is 1.70. The van der Waals surface area contributed by atoms with Crippen LogP contribution in [-0.2, 0) is 9.05 Å². The van der Waals surface area contributed by atoms with Crippen molar-refractivity contribution in [1.82, 2.24) is 14.4 Å². The smallest absolute Gasteiger partial charge is 0.280 e. The minimum absolute atomic E-state index is 0.114. The van der Waals surface area contributed by atoms with Crippen molar-refractivity contribution in [1.29, 1.82) is 0 Å². The quantitative estimate of drug-likeness (QED) is 0.710. The fraction of sp³-hybridized carbons (Fsp3) is 0.250. The molecule has 0 bridgehead atoms. The van der Waals surface area contributed by atoms with Gasteiger partial charge >= 0.3 is 0 Å². The SMILES string of the molecule is Cc1cc2nc(S(=O)(=O)Cl)c(C)n2cn1. The van der Waals surface area contributed by atoms with E-state index in [2.05, 4.69) is 9.97 Å². The molecule has 0 aliphatic rings. The zero-order valence-corrected chi connectivity index (χ0v) is 9.67. The van der Waals surface area contributed by atoms with E-state index in [0.29, 0.717) is 11.3 Å². The van der Waals surface area contributed by atoms with E-state index in [-0.39, 0.29) is 5.03 Å². The monoisotopic (exact) mass is 245 g/mol. The first-order valence-corrected chi connectivity index (χ1v) is 6.46. The van der Waals surface area contributed by atoms with Gasteiger partial charge in [-0.3, -0.25) is 4.40 Å². The Kier molecular flexibility index (Phi) is 2.20. The molecule has 0 aromatic carbocycles. The third-order valence-corrected chi connectivity index (χ3v) is 3.37. The molecule has 0 saturated heterocycles. The standard InChI is InChI=1S/C8H8ClN3O2S/c1-5-3-7-11-8(15(9,13)14)6(2)12(7)4-10-5/h3-4H,1-2H3. The fourth-order valence-electron chi connectivity index (χ4n) is 1.37. The Morgan fingerprint density at radius 1 is 1.40 bits per heavy atom. The van der Waals surface area contributed by atoms with Crippen LogP contribution in [0.3, 0.4) is 0 Å². The van der Waals surface area contributed by atoms with Gasteiger partial charge in [-0.2, -0.15) is 0 Å². The maximum atomic E-state index is 11.2. The Balaban J connectivity index is 2.87. The predicted octanol–water partition coefficient (Wildman–Crippen LogP) is 1.27. The molecule has 2 rings (SSSR count). The molecular weight excluding hydrogens is 238 g/mol. The predicted molar refractivity (Wildman–Crippen MR) is 55.5 cm³/mol. The molecule has 0 amide bonds. The minimum atomic E-state index is -3.80. The van der Waals surface area contributed by atoms with Crippen LogP contribution in [0.2, 0.25) is 0 Å². The van der Waals surface area contributed by atoms with E-state index >= 15 is 0 Å². The van der Waals surface area contributed by atoms with Crippen molar-refractivity contribution < 1.29 is 8.42 Å². The van der Waals surface area contributed by atoms with E-state index in [1.54, 1.807) is 24.3 Å². The number of rotatable bonds is 1. The molecular formula is C8H8ClN3O2S. The summed E-state index contributed by atoms with van der Waals surface area (Å²) in [5, 5.41) is -0.114.